The average Bonchev–Trinajstić information content (AvgIpc) is 2.38. The van der Waals surface area contributed by atoms with Gasteiger partial charge in [0.25, 0.3) is 5.69 Å². The van der Waals surface area contributed by atoms with Gasteiger partial charge in [0.05, 0.1) is 30.3 Å². The summed E-state index contributed by atoms with van der Waals surface area (Å²) in [5.74, 6) is 0.696. The molecule has 1 aliphatic rings. The molecule has 0 bridgehead atoms. The summed E-state index contributed by atoms with van der Waals surface area (Å²) in [4.78, 5) is 16.6. The molecule has 0 spiro atoms. The average molecular weight is 281 g/mol. The van der Waals surface area contributed by atoms with Crippen LogP contribution in [0.15, 0.2) is 12.3 Å². The minimum Gasteiger partial charge on any atom is -0.393 e. The molecule has 1 saturated heterocycles. The van der Waals surface area contributed by atoms with Gasteiger partial charge in [-0.3, -0.25) is 10.1 Å². The van der Waals surface area contributed by atoms with Crippen LogP contribution in [-0.2, 0) is 4.74 Å². The fourth-order valence-corrected chi connectivity index (χ4v) is 2.43. The van der Waals surface area contributed by atoms with E-state index in [4.69, 9.17) is 4.74 Å². The van der Waals surface area contributed by atoms with Crippen molar-refractivity contribution in [1.29, 1.82) is 0 Å². The highest BCUT2D eigenvalue weighted by Gasteiger charge is 2.26. The van der Waals surface area contributed by atoms with Crippen molar-refractivity contribution >= 4 is 11.5 Å². The van der Waals surface area contributed by atoms with Crippen LogP contribution in [0.25, 0.3) is 0 Å². The van der Waals surface area contributed by atoms with Gasteiger partial charge in [-0.25, -0.2) is 4.98 Å². The molecule has 1 fully saturated rings. The molecule has 0 amide bonds. The molecule has 2 unspecified atom stereocenters. The Balaban J connectivity index is 2.23. The van der Waals surface area contributed by atoms with Crippen molar-refractivity contribution in [3.05, 3.63) is 27.9 Å². The maximum Gasteiger partial charge on any atom is 0.290 e. The van der Waals surface area contributed by atoms with E-state index in [2.05, 4.69) is 4.98 Å². The predicted molar refractivity (Wildman–Crippen MR) is 73.9 cm³/mol. The SMILES string of the molecule is Cc1cc(N2CCOCC2CC(C)O)ncc1[N+](=O)[O-]. The van der Waals surface area contributed by atoms with Crippen LogP contribution in [-0.4, -0.2) is 46.9 Å². The number of ether oxygens (including phenoxy) is 1. The maximum atomic E-state index is 10.8. The van der Waals surface area contributed by atoms with Crippen LogP contribution in [0.4, 0.5) is 11.5 Å². The molecule has 20 heavy (non-hydrogen) atoms. The third kappa shape index (κ3) is 3.23. The van der Waals surface area contributed by atoms with Crippen molar-refractivity contribution in [3.8, 4) is 0 Å². The first-order valence-corrected chi connectivity index (χ1v) is 6.62. The van der Waals surface area contributed by atoms with Crippen LogP contribution in [0.5, 0.6) is 0 Å². The zero-order valence-electron chi connectivity index (χ0n) is 11.7. The molecule has 7 heteroatoms. The summed E-state index contributed by atoms with van der Waals surface area (Å²) >= 11 is 0. The van der Waals surface area contributed by atoms with E-state index < -0.39 is 11.0 Å². The van der Waals surface area contributed by atoms with Crippen molar-refractivity contribution in [2.45, 2.75) is 32.4 Å². The van der Waals surface area contributed by atoms with E-state index in [0.29, 0.717) is 37.6 Å². The molecule has 2 heterocycles. The molecule has 0 radical (unpaired) electrons. The Hall–Kier alpha value is -1.73. The van der Waals surface area contributed by atoms with Crippen LogP contribution < -0.4 is 4.90 Å². The van der Waals surface area contributed by atoms with Crippen LogP contribution in [0.2, 0.25) is 0 Å². The standard InChI is InChI=1S/C13H19N3O4/c1-9-5-13(14-7-12(9)16(18)19)15-3-4-20-8-11(15)6-10(2)17/h5,7,10-11,17H,3-4,6,8H2,1-2H3. The second kappa shape index (κ2) is 6.15. The zero-order chi connectivity index (χ0) is 14.7. The third-order valence-corrected chi connectivity index (χ3v) is 3.40. The van der Waals surface area contributed by atoms with Gasteiger partial charge in [-0.1, -0.05) is 0 Å². The Morgan fingerprint density at radius 2 is 2.45 bits per heavy atom. The summed E-state index contributed by atoms with van der Waals surface area (Å²) in [6.45, 7) is 5.23. The second-order valence-electron chi connectivity index (χ2n) is 5.09. The van der Waals surface area contributed by atoms with Gasteiger partial charge in [-0.15, -0.1) is 0 Å². The number of aliphatic hydroxyl groups is 1. The zero-order valence-corrected chi connectivity index (χ0v) is 11.7. The molecule has 1 aliphatic heterocycles. The van der Waals surface area contributed by atoms with Gasteiger partial charge in [-0.2, -0.15) is 0 Å². The molecule has 2 rings (SSSR count). The van der Waals surface area contributed by atoms with Gasteiger partial charge in [-0.05, 0) is 26.3 Å². The Bertz CT molecular complexity index is 493. The van der Waals surface area contributed by atoms with E-state index >= 15 is 0 Å². The lowest BCUT2D eigenvalue weighted by Crippen LogP contribution is -2.47. The summed E-state index contributed by atoms with van der Waals surface area (Å²) in [5, 5.41) is 20.4. The van der Waals surface area contributed by atoms with Gasteiger partial charge in [0.1, 0.15) is 12.0 Å². The summed E-state index contributed by atoms with van der Waals surface area (Å²) in [6.07, 6.45) is 1.44. The Labute approximate surface area is 117 Å². The first kappa shape index (κ1) is 14.7. The van der Waals surface area contributed by atoms with Gasteiger partial charge in [0, 0.05) is 12.1 Å². The first-order valence-electron chi connectivity index (χ1n) is 6.62. The normalized spacial score (nSPS) is 20.8. The lowest BCUT2D eigenvalue weighted by Gasteiger charge is -2.37. The summed E-state index contributed by atoms with van der Waals surface area (Å²) in [6, 6.07) is 1.76. The molecular formula is C13H19N3O4. The van der Waals surface area contributed by atoms with Crippen LogP contribution in [0.3, 0.4) is 0 Å². The van der Waals surface area contributed by atoms with E-state index in [1.165, 1.54) is 6.20 Å². The van der Waals surface area contributed by atoms with Gasteiger partial charge in [0.2, 0.25) is 0 Å². The summed E-state index contributed by atoms with van der Waals surface area (Å²) in [5.41, 5.74) is 0.608. The van der Waals surface area contributed by atoms with E-state index in [1.54, 1.807) is 19.9 Å². The lowest BCUT2D eigenvalue weighted by molar-refractivity contribution is -0.385. The van der Waals surface area contributed by atoms with E-state index in [1.807, 2.05) is 4.90 Å². The van der Waals surface area contributed by atoms with Crippen molar-refractivity contribution in [2.75, 3.05) is 24.7 Å². The maximum absolute atomic E-state index is 10.8. The fraction of sp³-hybridized carbons (Fsp3) is 0.615. The largest absolute Gasteiger partial charge is 0.393 e. The molecular weight excluding hydrogens is 262 g/mol. The molecule has 7 nitrogen and oxygen atoms in total. The van der Waals surface area contributed by atoms with Crippen molar-refractivity contribution < 1.29 is 14.8 Å². The number of pyridine rings is 1. The quantitative estimate of drug-likeness (QED) is 0.660. The molecule has 1 aromatic rings. The van der Waals surface area contributed by atoms with E-state index in [9.17, 15) is 15.2 Å². The van der Waals surface area contributed by atoms with Crippen molar-refractivity contribution in [2.24, 2.45) is 0 Å². The summed E-state index contributed by atoms with van der Waals surface area (Å²) < 4.78 is 5.44. The molecule has 0 aliphatic carbocycles. The number of aryl methyl sites for hydroxylation is 1. The third-order valence-electron chi connectivity index (χ3n) is 3.40. The molecule has 2 atom stereocenters. The van der Waals surface area contributed by atoms with Gasteiger partial charge in [0.15, 0.2) is 0 Å². The number of hydrogen-bond acceptors (Lipinski definition) is 6. The van der Waals surface area contributed by atoms with Crippen LogP contribution in [0, 0.1) is 17.0 Å². The first-order chi connectivity index (χ1) is 9.49. The minimum absolute atomic E-state index is 0.0223. The Morgan fingerprint density at radius 1 is 1.70 bits per heavy atom. The molecule has 0 aromatic carbocycles. The van der Waals surface area contributed by atoms with Gasteiger partial charge >= 0.3 is 0 Å². The molecule has 0 saturated carbocycles. The molecule has 1 aromatic heterocycles. The smallest absolute Gasteiger partial charge is 0.290 e. The monoisotopic (exact) mass is 281 g/mol. The number of rotatable bonds is 4. The van der Waals surface area contributed by atoms with Crippen molar-refractivity contribution in [1.82, 2.24) is 4.98 Å². The Kier molecular flexibility index (Phi) is 4.51. The second-order valence-corrected chi connectivity index (χ2v) is 5.09. The fourth-order valence-electron chi connectivity index (χ4n) is 2.43. The Morgan fingerprint density at radius 3 is 3.05 bits per heavy atom. The van der Waals surface area contributed by atoms with Gasteiger partial charge < -0.3 is 14.7 Å². The number of nitro groups is 1. The number of anilines is 1. The topological polar surface area (TPSA) is 88.7 Å². The van der Waals surface area contributed by atoms with E-state index in [-0.39, 0.29) is 11.7 Å². The number of morpholine rings is 1. The lowest BCUT2D eigenvalue weighted by atomic mass is 10.1. The predicted octanol–water partition coefficient (Wildman–Crippen LogP) is 1.27. The highest BCUT2D eigenvalue weighted by atomic mass is 16.6. The number of hydrogen-bond donors (Lipinski definition) is 1. The molecule has 1 N–H and O–H groups in total. The highest BCUT2D eigenvalue weighted by Crippen LogP contribution is 2.25. The number of aromatic nitrogens is 1. The van der Waals surface area contributed by atoms with Crippen LogP contribution in [0.1, 0.15) is 18.9 Å². The highest BCUT2D eigenvalue weighted by molar-refractivity contribution is 5.49. The number of aliphatic hydroxyl groups excluding tert-OH is 1. The number of nitrogens with zero attached hydrogens (tertiary/aromatic N) is 3. The summed E-state index contributed by atoms with van der Waals surface area (Å²) in [7, 11) is 0. The molecule has 110 valence electrons. The van der Waals surface area contributed by atoms with E-state index in [0.717, 1.165) is 0 Å². The minimum atomic E-state index is -0.432. The van der Waals surface area contributed by atoms with Crippen molar-refractivity contribution in [3.63, 3.8) is 0 Å². The van der Waals surface area contributed by atoms with Crippen LogP contribution >= 0.6 is 0 Å².